The van der Waals surface area contributed by atoms with Crippen LogP contribution in [0.15, 0.2) is 18.6 Å². The minimum absolute atomic E-state index is 0.0187. The average molecular weight is 197 g/mol. The van der Waals surface area contributed by atoms with Crippen molar-refractivity contribution < 1.29 is 4.79 Å². The highest BCUT2D eigenvalue weighted by molar-refractivity contribution is 7.98. The van der Waals surface area contributed by atoms with E-state index in [9.17, 15) is 4.79 Å². The number of amides is 1. The minimum atomic E-state index is -0.0187. The van der Waals surface area contributed by atoms with Gasteiger partial charge >= 0.3 is 0 Å². The van der Waals surface area contributed by atoms with Crippen LogP contribution in [0.1, 0.15) is 6.42 Å². The van der Waals surface area contributed by atoms with E-state index in [1.54, 1.807) is 24.2 Å². The number of anilines is 1. The van der Waals surface area contributed by atoms with Crippen LogP contribution in [0.4, 0.5) is 5.82 Å². The van der Waals surface area contributed by atoms with Crippen LogP contribution in [0.25, 0.3) is 0 Å². The first kappa shape index (κ1) is 9.98. The Bertz CT molecular complexity index is 265. The fraction of sp³-hybridized carbons (Fsp3) is 0.375. The van der Waals surface area contributed by atoms with Crippen LogP contribution in [0.5, 0.6) is 0 Å². The molecule has 13 heavy (non-hydrogen) atoms. The highest BCUT2D eigenvalue weighted by Gasteiger charge is 2.01. The molecule has 1 aromatic heterocycles. The molecule has 0 atom stereocenters. The number of hydrogen-bond acceptors (Lipinski definition) is 4. The smallest absolute Gasteiger partial charge is 0.226 e. The van der Waals surface area contributed by atoms with E-state index < -0.39 is 0 Å². The van der Waals surface area contributed by atoms with E-state index in [1.165, 1.54) is 6.20 Å². The zero-order valence-electron chi connectivity index (χ0n) is 7.36. The van der Waals surface area contributed by atoms with Crippen molar-refractivity contribution in [3.05, 3.63) is 18.6 Å². The molecule has 0 fully saturated rings. The Morgan fingerprint density at radius 1 is 1.62 bits per heavy atom. The van der Waals surface area contributed by atoms with E-state index in [1.807, 2.05) is 6.26 Å². The Labute approximate surface area is 81.2 Å². The molecule has 70 valence electrons. The van der Waals surface area contributed by atoms with Crippen LogP contribution in [0.3, 0.4) is 0 Å². The molecule has 1 N–H and O–H groups in total. The predicted molar refractivity (Wildman–Crippen MR) is 53.7 cm³/mol. The van der Waals surface area contributed by atoms with Gasteiger partial charge in [0.05, 0.1) is 6.20 Å². The maximum Gasteiger partial charge on any atom is 0.226 e. The topological polar surface area (TPSA) is 54.9 Å². The molecule has 0 radical (unpaired) electrons. The standard InChI is InChI=1S/C8H11N3OS/c1-13-5-2-8(12)11-7-6-9-3-4-10-7/h3-4,6H,2,5H2,1H3,(H,10,11,12). The molecule has 1 aromatic rings. The second-order valence-electron chi connectivity index (χ2n) is 2.38. The van der Waals surface area contributed by atoms with Gasteiger partial charge in [-0.3, -0.25) is 9.78 Å². The Kier molecular flexibility index (Phi) is 4.25. The van der Waals surface area contributed by atoms with Crippen LogP contribution in [-0.4, -0.2) is 27.9 Å². The summed E-state index contributed by atoms with van der Waals surface area (Å²) < 4.78 is 0. The fourth-order valence-electron chi connectivity index (χ4n) is 0.764. The van der Waals surface area contributed by atoms with Gasteiger partial charge in [0.15, 0.2) is 5.82 Å². The maximum atomic E-state index is 11.2. The van der Waals surface area contributed by atoms with Gasteiger partial charge in [-0.05, 0) is 6.26 Å². The molecule has 0 aliphatic rings. The number of nitrogens with one attached hydrogen (secondary N) is 1. The largest absolute Gasteiger partial charge is 0.309 e. The summed E-state index contributed by atoms with van der Waals surface area (Å²) in [6.45, 7) is 0. The zero-order chi connectivity index (χ0) is 9.52. The van der Waals surface area contributed by atoms with E-state index in [4.69, 9.17) is 0 Å². The van der Waals surface area contributed by atoms with Gasteiger partial charge in [0.25, 0.3) is 0 Å². The van der Waals surface area contributed by atoms with Crippen molar-refractivity contribution in [1.82, 2.24) is 9.97 Å². The summed E-state index contributed by atoms with van der Waals surface area (Å²) in [6.07, 6.45) is 7.12. The first-order valence-electron chi connectivity index (χ1n) is 3.87. The molecule has 0 unspecified atom stereocenters. The SMILES string of the molecule is CSCCC(=O)Nc1cnccn1. The summed E-state index contributed by atoms with van der Waals surface area (Å²) >= 11 is 1.64. The van der Waals surface area contributed by atoms with Gasteiger partial charge in [0.2, 0.25) is 5.91 Å². The van der Waals surface area contributed by atoms with E-state index in [0.29, 0.717) is 12.2 Å². The Morgan fingerprint density at radius 2 is 2.46 bits per heavy atom. The molecule has 0 saturated carbocycles. The first-order chi connectivity index (χ1) is 6.33. The van der Waals surface area contributed by atoms with E-state index >= 15 is 0 Å². The lowest BCUT2D eigenvalue weighted by atomic mass is 10.4. The Morgan fingerprint density at radius 3 is 3.08 bits per heavy atom. The van der Waals surface area contributed by atoms with Gasteiger partial charge in [-0.15, -0.1) is 0 Å². The van der Waals surface area contributed by atoms with Crippen LogP contribution < -0.4 is 5.32 Å². The molecular weight excluding hydrogens is 186 g/mol. The number of nitrogens with zero attached hydrogens (tertiary/aromatic N) is 2. The predicted octanol–water partition coefficient (Wildman–Crippen LogP) is 1.17. The molecular formula is C8H11N3OS. The van der Waals surface area contributed by atoms with Crippen molar-refractivity contribution in [3.8, 4) is 0 Å². The number of aromatic nitrogens is 2. The fourth-order valence-corrected chi connectivity index (χ4v) is 1.15. The van der Waals surface area contributed by atoms with Crippen LogP contribution in [0.2, 0.25) is 0 Å². The van der Waals surface area contributed by atoms with Crippen molar-refractivity contribution in [2.24, 2.45) is 0 Å². The molecule has 1 heterocycles. The third-order valence-electron chi connectivity index (χ3n) is 1.36. The third kappa shape index (κ3) is 3.89. The van der Waals surface area contributed by atoms with Crippen LogP contribution in [-0.2, 0) is 4.79 Å². The molecule has 4 nitrogen and oxygen atoms in total. The van der Waals surface area contributed by atoms with E-state index in [-0.39, 0.29) is 5.91 Å². The van der Waals surface area contributed by atoms with Crippen molar-refractivity contribution in [1.29, 1.82) is 0 Å². The monoisotopic (exact) mass is 197 g/mol. The Balaban J connectivity index is 2.37. The van der Waals surface area contributed by atoms with Crippen molar-refractivity contribution >= 4 is 23.5 Å². The minimum Gasteiger partial charge on any atom is -0.309 e. The average Bonchev–Trinajstić information content (AvgIpc) is 2.16. The highest BCUT2D eigenvalue weighted by Crippen LogP contribution is 2.00. The van der Waals surface area contributed by atoms with Crippen LogP contribution >= 0.6 is 11.8 Å². The zero-order valence-corrected chi connectivity index (χ0v) is 8.17. The molecule has 0 bridgehead atoms. The number of carbonyl (C=O) groups is 1. The molecule has 1 rings (SSSR count). The summed E-state index contributed by atoms with van der Waals surface area (Å²) in [5, 5.41) is 2.65. The Hall–Kier alpha value is -1.10. The quantitative estimate of drug-likeness (QED) is 0.787. The normalized spacial score (nSPS) is 9.62. The summed E-state index contributed by atoms with van der Waals surface area (Å²) in [6, 6.07) is 0. The van der Waals surface area contributed by atoms with E-state index in [2.05, 4.69) is 15.3 Å². The molecule has 5 heteroatoms. The molecule has 0 aromatic carbocycles. The third-order valence-corrected chi connectivity index (χ3v) is 1.98. The number of rotatable bonds is 4. The summed E-state index contributed by atoms with van der Waals surface area (Å²) in [5.41, 5.74) is 0. The van der Waals surface area contributed by atoms with Crippen LogP contribution in [0, 0.1) is 0 Å². The number of hydrogen-bond donors (Lipinski definition) is 1. The molecule has 1 amide bonds. The van der Waals surface area contributed by atoms with E-state index in [0.717, 1.165) is 5.75 Å². The highest BCUT2D eigenvalue weighted by atomic mass is 32.2. The van der Waals surface area contributed by atoms with Gasteiger partial charge in [-0.2, -0.15) is 11.8 Å². The first-order valence-corrected chi connectivity index (χ1v) is 5.27. The van der Waals surface area contributed by atoms with Gasteiger partial charge < -0.3 is 5.32 Å². The summed E-state index contributed by atoms with van der Waals surface area (Å²) in [4.78, 5) is 18.9. The molecule has 0 aliphatic heterocycles. The second-order valence-corrected chi connectivity index (χ2v) is 3.37. The number of carbonyl (C=O) groups excluding carboxylic acids is 1. The number of thioether (sulfide) groups is 1. The summed E-state index contributed by atoms with van der Waals surface area (Å²) in [5.74, 6) is 1.31. The lowest BCUT2D eigenvalue weighted by molar-refractivity contribution is -0.115. The van der Waals surface area contributed by atoms with Gasteiger partial charge in [0, 0.05) is 24.6 Å². The summed E-state index contributed by atoms with van der Waals surface area (Å²) in [7, 11) is 0. The van der Waals surface area contributed by atoms with Crippen molar-refractivity contribution in [2.45, 2.75) is 6.42 Å². The van der Waals surface area contributed by atoms with Crippen molar-refractivity contribution in [2.75, 3.05) is 17.3 Å². The lowest BCUT2D eigenvalue weighted by Gasteiger charge is -2.01. The second kappa shape index (κ2) is 5.53. The van der Waals surface area contributed by atoms with Gasteiger partial charge in [-0.1, -0.05) is 0 Å². The van der Waals surface area contributed by atoms with Gasteiger partial charge in [-0.25, -0.2) is 4.98 Å². The van der Waals surface area contributed by atoms with Gasteiger partial charge in [0.1, 0.15) is 0 Å². The lowest BCUT2D eigenvalue weighted by Crippen LogP contribution is -2.13. The molecule has 0 aliphatic carbocycles. The maximum absolute atomic E-state index is 11.2. The van der Waals surface area contributed by atoms with Crippen molar-refractivity contribution in [3.63, 3.8) is 0 Å². The molecule has 0 spiro atoms. The molecule has 0 saturated heterocycles.